The van der Waals surface area contributed by atoms with Gasteiger partial charge in [-0.3, -0.25) is 4.79 Å². The first-order valence-electron chi connectivity index (χ1n) is 7.37. The molecule has 1 amide bonds. The average molecular weight is 355 g/mol. The van der Waals surface area contributed by atoms with Crippen molar-refractivity contribution < 1.29 is 9.53 Å². The van der Waals surface area contributed by atoms with Gasteiger partial charge in [0.1, 0.15) is 5.60 Å². The molecule has 1 atom stereocenters. The van der Waals surface area contributed by atoms with E-state index in [0.29, 0.717) is 0 Å². The minimum atomic E-state index is -0.667. The van der Waals surface area contributed by atoms with E-state index in [1.807, 2.05) is 19.1 Å². The second-order valence-corrected chi connectivity index (χ2v) is 6.57. The van der Waals surface area contributed by atoms with Gasteiger partial charge in [-0.25, -0.2) is 0 Å². The van der Waals surface area contributed by atoms with Crippen LogP contribution in [0.4, 0.5) is 0 Å². The van der Waals surface area contributed by atoms with Crippen molar-refractivity contribution in [1.82, 2.24) is 10.6 Å². The van der Waals surface area contributed by atoms with E-state index < -0.39 is 5.60 Å². The maximum atomic E-state index is 12.5. The van der Waals surface area contributed by atoms with Crippen LogP contribution in [0.15, 0.2) is 28.7 Å². The fourth-order valence-corrected chi connectivity index (χ4v) is 3.00. The molecule has 1 aromatic carbocycles. The van der Waals surface area contributed by atoms with Crippen LogP contribution >= 0.6 is 15.9 Å². The zero-order valence-electron chi connectivity index (χ0n) is 12.6. The standard InChI is InChI=1S/C16H23BrN2O2/c1-12(11-13-3-5-14(17)6-4-13)19-15(20)16(21-2)7-9-18-10-8-16/h3-6,12,18H,7-11H2,1-2H3,(H,19,20). The number of nitrogens with one attached hydrogen (secondary N) is 2. The lowest BCUT2D eigenvalue weighted by atomic mass is 9.90. The van der Waals surface area contributed by atoms with Crippen molar-refractivity contribution in [3.05, 3.63) is 34.3 Å². The second kappa shape index (κ2) is 7.38. The van der Waals surface area contributed by atoms with Gasteiger partial charge in [-0.15, -0.1) is 0 Å². The van der Waals surface area contributed by atoms with Crippen LogP contribution in [0.1, 0.15) is 25.3 Å². The quantitative estimate of drug-likeness (QED) is 0.852. The number of carbonyl (C=O) groups is 1. The lowest BCUT2D eigenvalue weighted by molar-refractivity contribution is -0.147. The molecule has 0 spiro atoms. The summed E-state index contributed by atoms with van der Waals surface area (Å²) in [5.41, 5.74) is 0.543. The highest BCUT2D eigenvalue weighted by atomic mass is 79.9. The smallest absolute Gasteiger partial charge is 0.252 e. The first-order valence-corrected chi connectivity index (χ1v) is 8.16. The molecular formula is C16H23BrN2O2. The summed E-state index contributed by atoms with van der Waals surface area (Å²) < 4.78 is 6.61. The van der Waals surface area contributed by atoms with Crippen LogP contribution < -0.4 is 10.6 Å². The maximum Gasteiger partial charge on any atom is 0.252 e. The van der Waals surface area contributed by atoms with Gasteiger partial charge in [0.05, 0.1) is 0 Å². The Kier molecular flexibility index (Phi) is 5.79. The van der Waals surface area contributed by atoms with Crippen LogP contribution in [0.25, 0.3) is 0 Å². The van der Waals surface area contributed by atoms with Gasteiger partial charge in [0.15, 0.2) is 0 Å². The number of hydrogen-bond acceptors (Lipinski definition) is 3. The van der Waals surface area contributed by atoms with E-state index in [2.05, 4.69) is 38.7 Å². The minimum absolute atomic E-state index is 0.0103. The highest BCUT2D eigenvalue weighted by molar-refractivity contribution is 9.10. The summed E-state index contributed by atoms with van der Waals surface area (Å²) in [5.74, 6) is 0.0103. The lowest BCUT2D eigenvalue weighted by Gasteiger charge is -2.35. The Morgan fingerprint density at radius 3 is 2.57 bits per heavy atom. The van der Waals surface area contributed by atoms with Crippen LogP contribution in [-0.2, 0) is 16.0 Å². The highest BCUT2D eigenvalue weighted by Crippen LogP contribution is 2.23. The largest absolute Gasteiger partial charge is 0.368 e. The van der Waals surface area contributed by atoms with Crippen LogP contribution in [0, 0.1) is 0 Å². The molecule has 0 bridgehead atoms. The third kappa shape index (κ3) is 4.28. The highest BCUT2D eigenvalue weighted by Gasteiger charge is 2.39. The molecule has 2 N–H and O–H groups in total. The number of piperidine rings is 1. The number of carbonyl (C=O) groups excluding carboxylic acids is 1. The molecule has 0 aliphatic carbocycles. The van der Waals surface area contributed by atoms with Gasteiger partial charge < -0.3 is 15.4 Å². The van der Waals surface area contributed by atoms with Gasteiger partial charge in [0.2, 0.25) is 0 Å². The summed E-state index contributed by atoms with van der Waals surface area (Å²) in [5, 5.41) is 6.36. The SMILES string of the molecule is COC1(C(=O)NC(C)Cc2ccc(Br)cc2)CCNCC1. The van der Waals surface area contributed by atoms with Gasteiger partial charge >= 0.3 is 0 Å². The lowest BCUT2D eigenvalue weighted by Crippen LogP contribution is -2.55. The summed E-state index contributed by atoms with van der Waals surface area (Å²) in [7, 11) is 1.63. The topological polar surface area (TPSA) is 50.4 Å². The van der Waals surface area contributed by atoms with E-state index in [0.717, 1.165) is 36.8 Å². The number of halogens is 1. The Hall–Kier alpha value is -0.910. The molecular weight excluding hydrogens is 332 g/mol. The number of hydrogen-bond donors (Lipinski definition) is 2. The molecule has 21 heavy (non-hydrogen) atoms. The Morgan fingerprint density at radius 2 is 2.00 bits per heavy atom. The van der Waals surface area contributed by atoms with Gasteiger partial charge in [-0.1, -0.05) is 28.1 Å². The molecule has 1 fully saturated rings. The molecule has 1 saturated heterocycles. The van der Waals surface area contributed by atoms with Crippen LogP contribution in [-0.4, -0.2) is 37.7 Å². The molecule has 1 heterocycles. The molecule has 0 saturated carbocycles. The Balaban J connectivity index is 1.93. The average Bonchev–Trinajstić information content (AvgIpc) is 2.50. The molecule has 2 rings (SSSR count). The zero-order chi connectivity index (χ0) is 15.3. The van der Waals surface area contributed by atoms with Crippen LogP contribution in [0.5, 0.6) is 0 Å². The van der Waals surface area contributed by atoms with E-state index in [-0.39, 0.29) is 11.9 Å². The first-order chi connectivity index (χ1) is 10.1. The normalized spacial score (nSPS) is 19.0. The predicted molar refractivity (Wildman–Crippen MR) is 87.3 cm³/mol. The molecule has 0 aromatic heterocycles. The van der Waals surface area contributed by atoms with Crippen LogP contribution in [0.3, 0.4) is 0 Å². The van der Waals surface area contributed by atoms with E-state index >= 15 is 0 Å². The van der Waals surface area contributed by atoms with Crippen molar-refractivity contribution in [2.24, 2.45) is 0 Å². The minimum Gasteiger partial charge on any atom is -0.368 e. The van der Waals surface area contributed by atoms with Gasteiger partial charge in [-0.05, 0) is 57.0 Å². The third-order valence-corrected chi connectivity index (χ3v) is 4.58. The fourth-order valence-electron chi connectivity index (χ4n) is 2.73. The molecule has 1 aliphatic rings. The fraction of sp³-hybridized carbons (Fsp3) is 0.562. The summed E-state index contributed by atoms with van der Waals surface area (Å²) in [6.07, 6.45) is 2.26. The van der Waals surface area contributed by atoms with E-state index in [1.165, 1.54) is 5.56 Å². The summed E-state index contributed by atoms with van der Waals surface area (Å²) in [6, 6.07) is 8.27. The molecule has 1 aromatic rings. The molecule has 1 unspecified atom stereocenters. The summed E-state index contributed by atoms with van der Waals surface area (Å²) in [4.78, 5) is 12.5. The predicted octanol–water partition coefficient (Wildman–Crippen LogP) is 2.26. The Bertz CT molecular complexity index is 470. The van der Waals surface area contributed by atoms with Crippen molar-refractivity contribution in [1.29, 1.82) is 0 Å². The van der Waals surface area contributed by atoms with Crippen molar-refractivity contribution in [3.8, 4) is 0 Å². The molecule has 116 valence electrons. The Labute approximate surface area is 134 Å². The number of rotatable bonds is 5. The number of ether oxygens (including phenoxy) is 1. The zero-order valence-corrected chi connectivity index (χ0v) is 14.2. The number of benzene rings is 1. The first kappa shape index (κ1) is 16.5. The molecule has 1 aliphatic heterocycles. The van der Waals surface area contributed by atoms with Crippen molar-refractivity contribution in [2.75, 3.05) is 20.2 Å². The summed E-state index contributed by atoms with van der Waals surface area (Å²) >= 11 is 3.43. The molecule has 5 heteroatoms. The van der Waals surface area contributed by atoms with Gasteiger partial charge in [0.25, 0.3) is 5.91 Å². The van der Waals surface area contributed by atoms with Gasteiger partial charge in [-0.2, -0.15) is 0 Å². The van der Waals surface area contributed by atoms with Crippen molar-refractivity contribution in [3.63, 3.8) is 0 Å². The number of amides is 1. The third-order valence-electron chi connectivity index (χ3n) is 4.05. The Morgan fingerprint density at radius 1 is 1.38 bits per heavy atom. The second-order valence-electron chi connectivity index (χ2n) is 5.65. The van der Waals surface area contributed by atoms with Crippen molar-refractivity contribution >= 4 is 21.8 Å². The van der Waals surface area contributed by atoms with Crippen LogP contribution in [0.2, 0.25) is 0 Å². The monoisotopic (exact) mass is 354 g/mol. The number of methoxy groups -OCH3 is 1. The maximum absolute atomic E-state index is 12.5. The molecule has 4 nitrogen and oxygen atoms in total. The van der Waals surface area contributed by atoms with E-state index in [1.54, 1.807) is 7.11 Å². The molecule has 0 radical (unpaired) electrons. The van der Waals surface area contributed by atoms with E-state index in [4.69, 9.17) is 4.74 Å². The summed E-state index contributed by atoms with van der Waals surface area (Å²) in [6.45, 7) is 3.68. The van der Waals surface area contributed by atoms with Gasteiger partial charge in [0, 0.05) is 17.6 Å². The van der Waals surface area contributed by atoms with Crippen molar-refractivity contribution in [2.45, 2.75) is 37.8 Å². The van der Waals surface area contributed by atoms with E-state index in [9.17, 15) is 4.79 Å².